The molecule has 7 atom stereocenters. The largest absolute Gasteiger partial charge is 0.508 e. The normalized spacial score (nSPS) is 34.2. The first-order chi connectivity index (χ1) is 21.3. The number of unbranched alkanes of at least 4 members (excludes halogenated alkanes) is 2. The van der Waals surface area contributed by atoms with Gasteiger partial charge in [0.1, 0.15) is 11.9 Å². The van der Waals surface area contributed by atoms with Gasteiger partial charge in [0.15, 0.2) is 0 Å². The number of alkyl halides is 1. The Labute approximate surface area is 266 Å². The fraction of sp³-hybridized carbons (Fsp3) is 0.821. The van der Waals surface area contributed by atoms with Crippen molar-refractivity contribution in [2.24, 2.45) is 35.0 Å². The van der Waals surface area contributed by atoms with E-state index in [1.807, 2.05) is 12.1 Å². The van der Waals surface area contributed by atoms with E-state index in [1.165, 1.54) is 64.2 Å². The molecule has 5 aliphatic rings. The third-order valence-electron chi connectivity index (χ3n) is 13.3. The van der Waals surface area contributed by atoms with Gasteiger partial charge in [-0.15, -0.1) is 0 Å². The lowest BCUT2D eigenvalue weighted by Crippen LogP contribution is -2.51. The highest BCUT2D eigenvalue weighted by molar-refractivity contribution is 5.76. The minimum atomic E-state index is -0.951. The second-order valence-corrected chi connectivity index (χ2v) is 16.1. The van der Waals surface area contributed by atoms with Crippen molar-refractivity contribution in [3.05, 3.63) is 29.3 Å². The summed E-state index contributed by atoms with van der Waals surface area (Å²) >= 11 is 0. The highest BCUT2D eigenvalue weighted by Gasteiger charge is 2.59. The topological polar surface area (TPSA) is 60.8 Å². The van der Waals surface area contributed by atoms with Crippen molar-refractivity contribution < 1.29 is 19.4 Å². The van der Waals surface area contributed by atoms with Crippen LogP contribution in [-0.2, 0) is 11.2 Å². The Morgan fingerprint density at radius 1 is 0.932 bits per heavy atom. The molecule has 1 amide bonds. The Kier molecular flexibility index (Phi) is 10.6. The number of phenolic OH excluding ortho intramolecular Hbond substituents is 1. The minimum Gasteiger partial charge on any atom is -0.508 e. The van der Waals surface area contributed by atoms with E-state index in [-0.39, 0.29) is 23.0 Å². The summed E-state index contributed by atoms with van der Waals surface area (Å²) in [4.78, 5) is 15.8. The van der Waals surface area contributed by atoms with Crippen LogP contribution < -0.4 is 0 Å². The average Bonchev–Trinajstić information content (AvgIpc) is 3.32. The second-order valence-electron chi connectivity index (χ2n) is 16.1. The number of hydrogen-bond donors (Lipinski definition) is 2. The van der Waals surface area contributed by atoms with Gasteiger partial charge in [0, 0.05) is 25.4 Å². The number of aliphatic hydroxyl groups is 1. The molecule has 0 heterocycles. The SMILES string of the molecule is C[C@]12CC(F)C3c4ccc(O)cc4CC(CCCCCN(CC4CCCCC4)C(=O)CCC4CCCCC4)C3C1CCC2O. The van der Waals surface area contributed by atoms with E-state index in [2.05, 4.69) is 11.8 Å². The molecule has 1 aromatic carbocycles. The zero-order valence-electron chi connectivity index (χ0n) is 27.5. The van der Waals surface area contributed by atoms with Gasteiger partial charge in [0.05, 0.1) is 6.10 Å². The van der Waals surface area contributed by atoms with Crippen LogP contribution in [0.15, 0.2) is 18.2 Å². The fourth-order valence-electron chi connectivity index (χ4n) is 10.9. The quantitative estimate of drug-likeness (QED) is 0.246. The van der Waals surface area contributed by atoms with E-state index in [4.69, 9.17) is 0 Å². The summed E-state index contributed by atoms with van der Waals surface area (Å²) in [5.41, 5.74) is 1.90. The van der Waals surface area contributed by atoms with E-state index in [0.29, 0.717) is 30.1 Å². The Balaban J connectivity index is 1.07. The molecule has 0 spiro atoms. The number of hydrogen-bond acceptors (Lipinski definition) is 3. The molecule has 0 aromatic heterocycles. The Morgan fingerprint density at radius 2 is 1.66 bits per heavy atom. The number of fused-ring (bicyclic) bond motifs is 5. The molecular formula is C39H60FNO3. The first kappa shape index (κ1) is 32.3. The summed E-state index contributed by atoms with van der Waals surface area (Å²) in [5, 5.41) is 21.2. The summed E-state index contributed by atoms with van der Waals surface area (Å²) in [6.07, 6.45) is 21.1. The number of nitrogens with zero attached hydrogens (tertiary/aromatic N) is 1. The third kappa shape index (κ3) is 7.03. The van der Waals surface area contributed by atoms with Crippen molar-refractivity contribution in [1.82, 2.24) is 4.90 Å². The number of halogens is 1. The number of benzene rings is 1. The van der Waals surface area contributed by atoms with Crippen molar-refractivity contribution >= 4 is 5.91 Å². The summed E-state index contributed by atoms with van der Waals surface area (Å²) in [5.74, 6) is 2.95. The van der Waals surface area contributed by atoms with Crippen molar-refractivity contribution in [1.29, 1.82) is 0 Å². The van der Waals surface area contributed by atoms with Crippen LogP contribution in [0.5, 0.6) is 5.75 Å². The zero-order chi connectivity index (χ0) is 30.7. The van der Waals surface area contributed by atoms with E-state index in [1.54, 1.807) is 6.07 Å². The number of aliphatic hydroxyl groups excluding tert-OH is 1. The molecule has 0 aliphatic heterocycles. The number of carbonyl (C=O) groups is 1. The van der Waals surface area contributed by atoms with Gasteiger partial charge in [-0.3, -0.25) is 4.79 Å². The highest BCUT2D eigenvalue weighted by Crippen LogP contribution is 2.63. The molecule has 5 aliphatic carbocycles. The van der Waals surface area contributed by atoms with E-state index in [0.717, 1.165) is 87.9 Å². The fourth-order valence-corrected chi connectivity index (χ4v) is 10.9. The highest BCUT2D eigenvalue weighted by atomic mass is 19.1. The van der Waals surface area contributed by atoms with Crippen LogP contribution in [0, 0.1) is 35.0 Å². The second kappa shape index (κ2) is 14.4. The number of phenols is 1. The van der Waals surface area contributed by atoms with E-state index >= 15 is 4.39 Å². The van der Waals surface area contributed by atoms with Gasteiger partial charge < -0.3 is 15.1 Å². The maximum Gasteiger partial charge on any atom is 0.222 e. The van der Waals surface area contributed by atoms with Gasteiger partial charge in [-0.2, -0.15) is 0 Å². The molecule has 2 N–H and O–H groups in total. The first-order valence-corrected chi connectivity index (χ1v) is 18.7. The standard InChI is InChI=1S/C39H60FNO3/c1-39-25-34(40)38-32-18-17-31(42)24-30(32)23-29(37(38)33(39)19-20-35(39)43)15-9-4-10-22-41(26-28-13-7-3-8-14-28)36(44)21-16-27-11-5-2-6-12-27/h17-18,24,27-29,33-35,37-38,42-43H,2-16,19-23,25-26H2,1H3/t29?,33?,34?,35?,37?,38?,39-/m0/s1. The molecule has 6 unspecified atom stereocenters. The molecule has 0 bridgehead atoms. The molecule has 0 radical (unpaired) electrons. The van der Waals surface area contributed by atoms with Crippen molar-refractivity contribution in [3.8, 4) is 5.75 Å². The van der Waals surface area contributed by atoms with Crippen molar-refractivity contribution in [2.75, 3.05) is 13.1 Å². The average molecular weight is 610 g/mol. The molecule has 1 aromatic rings. The zero-order valence-corrected chi connectivity index (χ0v) is 27.5. The van der Waals surface area contributed by atoms with Crippen LogP contribution in [0.3, 0.4) is 0 Å². The maximum atomic E-state index is 16.1. The van der Waals surface area contributed by atoms with Crippen LogP contribution in [0.4, 0.5) is 4.39 Å². The van der Waals surface area contributed by atoms with Crippen LogP contribution in [-0.4, -0.2) is 46.4 Å². The lowest BCUT2D eigenvalue weighted by atomic mass is 9.51. The van der Waals surface area contributed by atoms with Crippen molar-refractivity contribution in [3.63, 3.8) is 0 Å². The maximum absolute atomic E-state index is 16.1. The molecule has 4 saturated carbocycles. The lowest BCUT2D eigenvalue weighted by Gasteiger charge is -2.54. The smallest absolute Gasteiger partial charge is 0.222 e. The Bertz CT molecular complexity index is 1100. The Hall–Kier alpha value is -1.62. The van der Waals surface area contributed by atoms with Crippen LogP contribution in [0.1, 0.15) is 146 Å². The van der Waals surface area contributed by atoms with Crippen LogP contribution in [0.2, 0.25) is 0 Å². The molecular weight excluding hydrogens is 549 g/mol. The monoisotopic (exact) mass is 609 g/mol. The number of aromatic hydroxyl groups is 1. The molecule has 44 heavy (non-hydrogen) atoms. The van der Waals surface area contributed by atoms with Crippen LogP contribution >= 0.6 is 0 Å². The summed E-state index contributed by atoms with van der Waals surface area (Å²) in [7, 11) is 0. The van der Waals surface area contributed by atoms with Gasteiger partial charge in [-0.25, -0.2) is 4.39 Å². The number of rotatable bonds is 11. The molecule has 0 saturated heterocycles. The molecule has 6 rings (SSSR count). The summed E-state index contributed by atoms with van der Waals surface area (Å²) in [6, 6.07) is 5.59. The van der Waals surface area contributed by atoms with Crippen molar-refractivity contribution in [2.45, 2.75) is 154 Å². The van der Waals surface area contributed by atoms with Gasteiger partial charge in [0.25, 0.3) is 0 Å². The molecule has 5 heteroatoms. The first-order valence-electron chi connectivity index (χ1n) is 18.7. The van der Waals surface area contributed by atoms with Gasteiger partial charge in [-0.1, -0.05) is 77.2 Å². The number of carbonyl (C=O) groups excluding carboxylic acids is 1. The third-order valence-corrected chi connectivity index (χ3v) is 13.3. The summed E-state index contributed by atoms with van der Waals surface area (Å²) < 4.78 is 16.1. The van der Waals surface area contributed by atoms with Crippen LogP contribution in [0.25, 0.3) is 0 Å². The summed E-state index contributed by atoms with van der Waals surface area (Å²) in [6.45, 7) is 3.98. The Morgan fingerprint density at radius 3 is 2.41 bits per heavy atom. The number of amides is 1. The minimum absolute atomic E-state index is 0.125. The predicted molar refractivity (Wildman–Crippen MR) is 175 cm³/mol. The lowest BCUT2D eigenvalue weighted by molar-refractivity contribution is -0.132. The van der Waals surface area contributed by atoms with Gasteiger partial charge >= 0.3 is 0 Å². The van der Waals surface area contributed by atoms with Gasteiger partial charge in [0.2, 0.25) is 5.91 Å². The molecule has 4 fully saturated rings. The predicted octanol–water partition coefficient (Wildman–Crippen LogP) is 9.11. The van der Waals surface area contributed by atoms with E-state index < -0.39 is 12.3 Å². The van der Waals surface area contributed by atoms with Gasteiger partial charge in [-0.05, 0) is 116 Å². The van der Waals surface area contributed by atoms with E-state index in [9.17, 15) is 15.0 Å². The molecule has 4 nitrogen and oxygen atoms in total. The molecule has 246 valence electrons.